The number of rotatable bonds is 5. The van der Waals surface area contributed by atoms with Crippen molar-refractivity contribution < 1.29 is 9.53 Å². The maximum atomic E-state index is 11.3. The van der Waals surface area contributed by atoms with Gasteiger partial charge in [0.15, 0.2) is 0 Å². The van der Waals surface area contributed by atoms with Crippen LogP contribution in [0.1, 0.15) is 25.1 Å². The molecule has 21 heavy (non-hydrogen) atoms. The normalized spacial score (nSPS) is 10.9. The van der Waals surface area contributed by atoms with Crippen LogP contribution in [0, 0.1) is 0 Å². The number of aromatic nitrogens is 1. The van der Waals surface area contributed by atoms with Gasteiger partial charge < -0.3 is 14.6 Å². The first-order valence-electron chi connectivity index (χ1n) is 7.24. The Bertz CT molecular complexity index is 649. The molecule has 4 nitrogen and oxygen atoms in total. The highest BCUT2D eigenvalue weighted by molar-refractivity contribution is 9.10. The Labute approximate surface area is 133 Å². The minimum absolute atomic E-state index is 0.350. The second-order valence-electron chi connectivity index (χ2n) is 4.90. The van der Waals surface area contributed by atoms with Crippen LogP contribution in [0.4, 0.5) is 4.79 Å². The highest BCUT2D eigenvalue weighted by atomic mass is 79.9. The maximum Gasteiger partial charge on any atom is 0.407 e. The first-order valence-corrected chi connectivity index (χ1v) is 8.04. The van der Waals surface area contributed by atoms with Gasteiger partial charge in [-0.15, -0.1) is 0 Å². The number of halogens is 1. The molecule has 1 amide bonds. The Morgan fingerprint density at radius 2 is 2.14 bits per heavy atom. The van der Waals surface area contributed by atoms with Gasteiger partial charge >= 0.3 is 6.09 Å². The van der Waals surface area contributed by atoms with Crippen molar-refractivity contribution in [1.82, 2.24) is 9.88 Å². The topological polar surface area (TPSA) is 43.3 Å². The van der Waals surface area contributed by atoms with E-state index >= 15 is 0 Å². The molecule has 0 atom stereocenters. The third kappa shape index (κ3) is 3.40. The Morgan fingerprint density at radius 1 is 1.38 bits per heavy atom. The minimum Gasteiger partial charge on any atom is -0.450 e. The fraction of sp³-hybridized carbons (Fsp3) is 0.438. The lowest BCUT2D eigenvalue weighted by Gasteiger charge is -2.08. The Balaban J connectivity index is 2.23. The van der Waals surface area contributed by atoms with Gasteiger partial charge in [-0.05, 0) is 37.1 Å². The molecule has 1 heterocycles. The zero-order chi connectivity index (χ0) is 15.4. The molecule has 2 aromatic rings. The number of benzene rings is 1. The van der Waals surface area contributed by atoms with Crippen molar-refractivity contribution >= 4 is 32.9 Å². The lowest BCUT2D eigenvalue weighted by atomic mass is 10.1. The molecule has 1 aromatic heterocycles. The van der Waals surface area contributed by atoms with E-state index in [4.69, 9.17) is 4.74 Å². The minimum atomic E-state index is -0.350. The number of hydrogen-bond acceptors (Lipinski definition) is 2. The van der Waals surface area contributed by atoms with Crippen LogP contribution in [-0.4, -0.2) is 23.8 Å². The van der Waals surface area contributed by atoms with Crippen LogP contribution in [0.3, 0.4) is 0 Å². The fourth-order valence-corrected chi connectivity index (χ4v) is 3.09. The van der Waals surface area contributed by atoms with Gasteiger partial charge in [0.1, 0.15) is 0 Å². The predicted octanol–water partition coefficient (Wildman–Crippen LogP) is 3.79. The number of alkyl carbamates (subject to hydrolysis) is 1. The van der Waals surface area contributed by atoms with Crippen molar-refractivity contribution in [3.63, 3.8) is 0 Å². The smallest absolute Gasteiger partial charge is 0.407 e. The van der Waals surface area contributed by atoms with E-state index in [1.54, 1.807) is 6.92 Å². The first kappa shape index (κ1) is 15.9. The summed E-state index contributed by atoms with van der Waals surface area (Å²) in [5.74, 6) is 0. The number of fused-ring (bicyclic) bond motifs is 1. The van der Waals surface area contributed by atoms with Gasteiger partial charge in [0.2, 0.25) is 0 Å². The summed E-state index contributed by atoms with van der Waals surface area (Å²) in [6.45, 7) is 4.94. The Kier molecular flexibility index (Phi) is 5.28. The van der Waals surface area contributed by atoms with Crippen molar-refractivity contribution in [2.24, 2.45) is 7.05 Å². The second-order valence-corrected chi connectivity index (χ2v) is 5.81. The van der Waals surface area contributed by atoms with Gasteiger partial charge in [-0.2, -0.15) is 0 Å². The van der Waals surface area contributed by atoms with Crippen LogP contribution in [0.2, 0.25) is 0 Å². The Hall–Kier alpha value is -1.49. The molecule has 1 N–H and O–H groups in total. The van der Waals surface area contributed by atoms with Crippen LogP contribution >= 0.6 is 15.9 Å². The molecule has 0 saturated carbocycles. The maximum absolute atomic E-state index is 11.3. The van der Waals surface area contributed by atoms with E-state index in [2.05, 4.69) is 58.0 Å². The second kappa shape index (κ2) is 6.98. The number of aryl methyl sites for hydroxylation is 2. The molecule has 0 bridgehead atoms. The average Bonchev–Trinajstić information content (AvgIpc) is 2.71. The standard InChI is InChI=1S/C16H21BrN2O2/c1-4-12-13-10-11(17)6-7-14(13)19(3)15(12)8-9-18-16(20)21-5-2/h6-7,10H,4-5,8-9H2,1-3H3,(H,18,20). The number of carbonyl (C=O) groups excluding carboxylic acids is 1. The summed E-state index contributed by atoms with van der Waals surface area (Å²) >= 11 is 3.54. The number of hydrogen-bond donors (Lipinski definition) is 1. The molecule has 0 spiro atoms. The molecule has 0 unspecified atom stereocenters. The molecular weight excluding hydrogens is 332 g/mol. The van der Waals surface area contributed by atoms with E-state index in [9.17, 15) is 4.79 Å². The molecule has 5 heteroatoms. The SMILES string of the molecule is CCOC(=O)NCCc1c(CC)c2cc(Br)ccc2n1C. The van der Waals surface area contributed by atoms with Crippen molar-refractivity contribution in [2.45, 2.75) is 26.7 Å². The van der Waals surface area contributed by atoms with Gasteiger partial charge in [0.25, 0.3) is 0 Å². The summed E-state index contributed by atoms with van der Waals surface area (Å²) in [4.78, 5) is 11.3. The summed E-state index contributed by atoms with van der Waals surface area (Å²) in [6.07, 6.45) is 1.42. The van der Waals surface area contributed by atoms with Gasteiger partial charge in [-0.25, -0.2) is 4.79 Å². The van der Waals surface area contributed by atoms with Gasteiger partial charge in [-0.3, -0.25) is 0 Å². The molecule has 114 valence electrons. The van der Waals surface area contributed by atoms with Crippen molar-refractivity contribution in [2.75, 3.05) is 13.2 Å². The molecule has 1 aromatic carbocycles. The molecule has 0 aliphatic rings. The summed E-state index contributed by atoms with van der Waals surface area (Å²) in [5, 5.41) is 4.06. The number of carbonyl (C=O) groups is 1. The molecule has 0 aliphatic carbocycles. The highest BCUT2D eigenvalue weighted by Crippen LogP contribution is 2.28. The summed E-state index contributed by atoms with van der Waals surface area (Å²) in [7, 11) is 2.08. The third-order valence-corrected chi connectivity index (χ3v) is 4.15. The van der Waals surface area contributed by atoms with E-state index in [-0.39, 0.29) is 6.09 Å². The summed E-state index contributed by atoms with van der Waals surface area (Å²) in [6, 6.07) is 6.35. The van der Waals surface area contributed by atoms with Crippen LogP contribution in [0.25, 0.3) is 10.9 Å². The number of nitrogens with one attached hydrogen (secondary N) is 1. The van der Waals surface area contributed by atoms with Gasteiger partial charge in [0.05, 0.1) is 6.61 Å². The van der Waals surface area contributed by atoms with Gasteiger partial charge in [0, 0.05) is 41.1 Å². The highest BCUT2D eigenvalue weighted by Gasteiger charge is 2.14. The van der Waals surface area contributed by atoms with E-state index < -0.39 is 0 Å². The molecule has 0 radical (unpaired) electrons. The molecule has 2 rings (SSSR count). The van der Waals surface area contributed by atoms with Crippen LogP contribution in [-0.2, 0) is 24.6 Å². The lowest BCUT2D eigenvalue weighted by Crippen LogP contribution is -2.27. The van der Waals surface area contributed by atoms with Crippen molar-refractivity contribution in [3.05, 3.63) is 33.9 Å². The molecule has 0 fully saturated rings. The number of nitrogens with zero attached hydrogens (tertiary/aromatic N) is 1. The monoisotopic (exact) mass is 352 g/mol. The fourth-order valence-electron chi connectivity index (χ4n) is 2.72. The summed E-state index contributed by atoms with van der Waals surface area (Å²) in [5.41, 5.74) is 3.84. The van der Waals surface area contributed by atoms with E-state index in [0.29, 0.717) is 13.2 Å². The van der Waals surface area contributed by atoms with Crippen molar-refractivity contribution in [3.8, 4) is 0 Å². The summed E-state index contributed by atoms with van der Waals surface area (Å²) < 4.78 is 8.18. The molecule has 0 aliphatic heterocycles. The van der Waals surface area contributed by atoms with Crippen molar-refractivity contribution in [1.29, 1.82) is 0 Å². The zero-order valence-electron chi connectivity index (χ0n) is 12.7. The van der Waals surface area contributed by atoms with E-state index in [1.165, 1.54) is 22.2 Å². The van der Waals surface area contributed by atoms with E-state index in [0.717, 1.165) is 17.3 Å². The van der Waals surface area contributed by atoms with Crippen LogP contribution in [0.5, 0.6) is 0 Å². The largest absolute Gasteiger partial charge is 0.450 e. The average molecular weight is 353 g/mol. The van der Waals surface area contributed by atoms with Crippen LogP contribution < -0.4 is 5.32 Å². The first-order chi connectivity index (χ1) is 10.1. The molecule has 0 saturated heterocycles. The number of amides is 1. The Morgan fingerprint density at radius 3 is 2.81 bits per heavy atom. The predicted molar refractivity (Wildman–Crippen MR) is 88.7 cm³/mol. The molecular formula is C16H21BrN2O2. The van der Waals surface area contributed by atoms with E-state index in [1.807, 2.05) is 0 Å². The zero-order valence-corrected chi connectivity index (χ0v) is 14.3. The quantitative estimate of drug-likeness (QED) is 0.889. The van der Waals surface area contributed by atoms with Gasteiger partial charge in [-0.1, -0.05) is 22.9 Å². The number of ether oxygens (including phenoxy) is 1. The third-order valence-electron chi connectivity index (χ3n) is 3.66. The lowest BCUT2D eigenvalue weighted by molar-refractivity contribution is 0.152. The van der Waals surface area contributed by atoms with Crippen LogP contribution in [0.15, 0.2) is 22.7 Å².